The van der Waals surface area contributed by atoms with Crippen molar-refractivity contribution in [1.29, 1.82) is 0 Å². The predicted molar refractivity (Wildman–Crippen MR) is 81.4 cm³/mol. The van der Waals surface area contributed by atoms with E-state index in [2.05, 4.69) is 10.1 Å². The molecule has 2 fully saturated rings. The smallest absolute Gasteiger partial charge is 0.489 e. The van der Waals surface area contributed by atoms with Gasteiger partial charge in [-0.25, -0.2) is 14.0 Å². The van der Waals surface area contributed by atoms with Gasteiger partial charge in [-0.15, -0.1) is 0 Å². The average molecular weight is 375 g/mol. The van der Waals surface area contributed by atoms with Crippen molar-refractivity contribution in [2.24, 2.45) is 0 Å². The molecule has 1 aromatic carbocycles. The minimum Gasteiger partial charge on any atom is -0.489 e. The van der Waals surface area contributed by atoms with Gasteiger partial charge in [0.05, 0.1) is 5.56 Å². The molecule has 1 heterocycles. The lowest BCUT2D eigenvalue weighted by Crippen LogP contribution is -2.37. The number of carbonyl (C=O) groups excluding carboxylic acids is 2. The SMILES string of the molecule is O=C(OC(=O)C(F)(F)F)c1cc(C2CC2)c(O[C@@H]2CCCNC2)cc1F. The normalized spacial score (nSPS) is 20.5. The maximum Gasteiger partial charge on any atom is 0.491 e. The van der Waals surface area contributed by atoms with E-state index in [0.717, 1.165) is 44.4 Å². The van der Waals surface area contributed by atoms with Gasteiger partial charge < -0.3 is 14.8 Å². The molecule has 1 aliphatic carbocycles. The van der Waals surface area contributed by atoms with E-state index in [9.17, 15) is 27.2 Å². The molecule has 1 atom stereocenters. The number of esters is 2. The Balaban J connectivity index is 1.82. The summed E-state index contributed by atoms with van der Waals surface area (Å²) in [7, 11) is 0. The highest BCUT2D eigenvalue weighted by molar-refractivity contribution is 5.98. The predicted octanol–water partition coefficient (Wildman–Crippen LogP) is 3.08. The summed E-state index contributed by atoms with van der Waals surface area (Å²) in [6, 6.07) is 2.11. The molecule has 1 saturated heterocycles. The third-order valence-electron chi connectivity index (χ3n) is 4.30. The van der Waals surface area contributed by atoms with Crippen LogP contribution in [0.4, 0.5) is 17.6 Å². The van der Waals surface area contributed by atoms with Gasteiger partial charge in [0.25, 0.3) is 0 Å². The van der Waals surface area contributed by atoms with Crippen molar-refractivity contribution < 1.29 is 36.6 Å². The minimum atomic E-state index is -5.33. The lowest BCUT2D eigenvalue weighted by atomic mass is 10.0. The fraction of sp³-hybridized carbons (Fsp3) is 0.529. The van der Waals surface area contributed by atoms with Crippen molar-refractivity contribution in [3.8, 4) is 5.75 Å². The van der Waals surface area contributed by atoms with Crippen molar-refractivity contribution in [1.82, 2.24) is 5.32 Å². The molecule has 0 spiro atoms. The van der Waals surface area contributed by atoms with Crippen LogP contribution in [-0.2, 0) is 9.53 Å². The molecule has 5 nitrogen and oxygen atoms in total. The van der Waals surface area contributed by atoms with Gasteiger partial charge in [-0.3, -0.25) is 0 Å². The molecule has 0 radical (unpaired) electrons. The molecule has 1 aliphatic heterocycles. The second kappa shape index (κ2) is 7.22. The van der Waals surface area contributed by atoms with Crippen LogP contribution < -0.4 is 10.1 Å². The summed E-state index contributed by atoms with van der Waals surface area (Å²) in [6.45, 7) is 1.48. The summed E-state index contributed by atoms with van der Waals surface area (Å²) < 4.78 is 60.5. The highest BCUT2D eigenvalue weighted by Crippen LogP contribution is 2.45. The number of piperidine rings is 1. The van der Waals surface area contributed by atoms with Crippen molar-refractivity contribution in [2.75, 3.05) is 13.1 Å². The van der Waals surface area contributed by atoms with Crippen molar-refractivity contribution in [3.63, 3.8) is 0 Å². The number of hydrogen-bond acceptors (Lipinski definition) is 5. The second-order valence-corrected chi connectivity index (χ2v) is 6.41. The van der Waals surface area contributed by atoms with Gasteiger partial charge in [0, 0.05) is 12.6 Å². The topological polar surface area (TPSA) is 64.6 Å². The zero-order valence-electron chi connectivity index (χ0n) is 13.7. The molecule has 3 rings (SSSR count). The van der Waals surface area contributed by atoms with Crippen molar-refractivity contribution >= 4 is 11.9 Å². The van der Waals surface area contributed by atoms with Gasteiger partial charge in [0.15, 0.2) is 0 Å². The molecule has 1 saturated carbocycles. The summed E-state index contributed by atoms with van der Waals surface area (Å²) >= 11 is 0. The second-order valence-electron chi connectivity index (χ2n) is 6.41. The van der Waals surface area contributed by atoms with Crippen LogP contribution in [-0.4, -0.2) is 37.3 Å². The van der Waals surface area contributed by atoms with Crippen LogP contribution in [0.2, 0.25) is 0 Å². The van der Waals surface area contributed by atoms with E-state index in [1.165, 1.54) is 0 Å². The third kappa shape index (κ3) is 4.32. The van der Waals surface area contributed by atoms with Gasteiger partial charge in [-0.1, -0.05) is 0 Å². The zero-order valence-corrected chi connectivity index (χ0v) is 13.7. The van der Waals surface area contributed by atoms with Crippen LogP contribution >= 0.6 is 0 Å². The highest BCUT2D eigenvalue weighted by Gasteiger charge is 2.43. The number of ether oxygens (including phenoxy) is 2. The molecular weight excluding hydrogens is 358 g/mol. The fourth-order valence-corrected chi connectivity index (χ4v) is 2.84. The lowest BCUT2D eigenvalue weighted by molar-refractivity contribution is -0.193. The van der Waals surface area contributed by atoms with Crippen LogP contribution in [0.3, 0.4) is 0 Å². The molecule has 0 bridgehead atoms. The summed E-state index contributed by atoms with van der Waals surface area (Å²) in [5.74, 6) is -5.11. The number of hydrogen-bond donors (Lipinski definition) is 1. The van der Waals surface area contributed by atoms with Gasteiger partial charge >= 0.3 is 18.1 Å². The summed E-state index contributed by atoms with van der Waals surface area (Å²) in [5.41, 5.74) is -0.165. The largest absolute Gasteiger partial charge is 0.491 e. The molecule has 2 aliphatic rings. The number of nitrogens with one attached hydrogen (secondary N) is 1. The van der Waals surface area contributed by atoms with Gasteiger partial charge in [-0.05, 0) is 49.8 Å². The Morgan fingerprint density at radius 1 is 1.15 bits per heavy atom. The van der Waals surface area contributed by atoms with Gasteiger partial charge in [-0.2, -0.15) is 13.2 Å². The third-order valence-corrected chi connectivity index (χ3v) is 4.30. The highest BCUT2D eigenvalue weighted by atomic mass is 19.4. The molecule has 142 valence electrons. The fourth-order valence-electron chi connectivity index (χ4n) is 2.84. The summed E-state index contributed by atoms with van der Waals surface area (Å²) in [4.78, 5) is 22.6. The Morgan fingerprint density at radius 2 is 1.88 bits per heavy atom. The van der Waals surface area contributed by atoms with Crippen molar-refractivity contribution in [3.05, 3.63) is 29.1 Å². The number of alkyl halides is 3. The molecule has 1 aromatic rings. The quantitative estimate of drug-likeness (QED) is 0.498. The van der Waals surface area contributed by atoms with Gasteiger partial charge in [0.1, 0.15) is 17.7 Å². The number of benzene rings is 1. The van der Waals surface area contributed by atoms with E-state index >= 15 is 0 Å². The maximum absolute atomic E-state index is 14.3. The Bertz CT molecular complexity index is 709. The van der Waals surface area contributed by atoms with E-state index in [-0.39, 0.29) is 17.8 Å². The minimum absolute atomic E-state index is 0.0482. The van der Waals surface area contributed by atoms with Crippen molar-refractivity contribution in [2.45, 2.75) is 43.9 Å². The first-order valence-electron chi connectivity index (χ1n) is 8.30. The molecule has 0 unspecified atom stereocenters. The molecule has 26 heavy (non-hydrogen) atoms. The molecule has 0 amide bonds. The first-order valence-corrected chi connectivity index (χ1v) is 8.30. The summed E-state index contributed by atoms with van der Waals surface area (Å²) in [5, 5.41) is 3.16. The van der Waals surface area contributed by atoms with Crippen LogP contribution in [0.1, 0.15) is 47.5 Å². The van der Waals surface area contributed by atoms with E-state index in [1.54, 1.807) is 0 Å². The van der Waals surface area contributed by atoms with Crippen LogP contribution in [0.15, 0.2) is 12.1 Å². The average Bonchev–Trinajstić information content (AvgIpc) is 3.39. The van der Waals surface area contributed by atoms with E-state index < -0.39 is 29.5 Å². The Morgan fingerprint density at radius 3 is 2.46 bits per heavy atom. The lowest BCUT2D eigenvalue weighted by Gasteiger charge is -2.25. The molecular formula is C17H17F4NO4. The first kappa shape index (κ1) is 18.6. The number of halogens is 4. The summed E-state index contributed by atoms with van der Waals surface area (Å²) in [6.07, 6.45) is -2.16. The van der Waals surface area contributed by atoms with Gasteiger partial charge in [0.2, 0.25) is 0 Å². The van der Waals surface area contributed by atoms with E-state index in [4.69, 9.17) is 4.74 Å². The van der Waals surface area contributed by atoms with Crippen LogP contribution in [0.25, 0.3) is 0 Å². The molecule has 1 N–H and O–H groups in total. The Kier molecular flexibility index (Phi) is 5.17. The standard InChI is InChI=1S/C17H17F4NO4/c18-13-7-14(25-10-2-1-5-22-8-10)11(9-3-4-9)6-12(13)15(23)26-16(24)17(19,20)21/h6-7,9-10,22H,1-5,8H2/t10-/m1/s1. The molecule has 0 aromatic heterocycles. The Labute approximate surface area is 146 Å². The molecule has 9 heteroatoms. The van der Waals surface area contributed by atoms with Crippen LogP contribution in [0, 0.1) is 5.82 Å². The van der Waals surface area contributed by atoms with E-state index in [0.29, 0.717) is 12.1 Å². The monoisotopic (exact) mass is 375 g/mol. The Hall–Kier alpha value is -2.16. The number of rotatable bonds is 4. The van der Waals surface area contributed by atoms with E-state index in [1.807, 2.05) is 0 Å². The maximum atomic E-state index is 14.3. The first-order chi connectivity index (χ1) is 12.3. The number of carbonyl (C=O) groups is 2. The van der Waals surface area contributed by atoms with Crippen LogP contribution in [0.5, 0.6) is 5.75 Å². The zero-order chi connectivity index (χ0) is 18.9.